The summed E-state index contributed by atoms with van der Waals surface area (Å²) < 4.78 is 32.5. The fourth-order valence-electron chi connectivity index (χ4n) is 1.15. The van der Waals surface area contributed by atoms with Gasteiger partial charge in [0.15, 0.2) is 11.5 Å². The Labute approximate surface area is 99.5 Å². The minimum absolute atomic E-state index is 0.0307. The number of rotatable bonds is 6. The smallest absolute Gasteiger partial charge is 0.310 e. The number of ether oxygens (including phenoxy) is 1. The normalized spacial score (nSPS) is 10.9. The van der Waals surface area contributed by atoms with E-state index < -0.39 is 10.1 Å². The first kappa shape index (κ1) is 13.5. The van der Waals surface area contributed by atoms with E-state index in [1.807, 2.05) is 0 Å². The Morgan fingerprint density at radius 1 is 1.35 bits per heavy atom. The summed E-state index contributed by atoms with van der Waals surface area (Å²) in [6.07, 6.45) is 0.626. The first-order valence-electron chi connectivity index (χ1n) is 4.78. The summed E-state index contributed by atoms with van der Waals surface area (Å²) in [6.45, 7) is -0.0307. The lowest BCUT2D eigenvalue weighted by Crippen LogP contribution is -2.20. The molecule has 0 aromatic heterocycles. The second-order valence-electron chi connectivity index (χ2n) is 3.16. The second kappa shape index (κ2) is 5.65. The maximum atomic E-state index is 11.4. The molecular weight excluding hydrogens is 246 g/mol. The number of benzene rings is 1. The number of hydrogen-bond donors (Lipinski definition) is 1. The molecule has 6 nitrogen and oxygen atoms in total. The molecule has 0 aliphatic heterocycles. The predicted octanol–water partition coefficient (Wildman–Crippen LogP) is 0.175. The Morgan fingerprint density at radius 2 is 2.06 bits per heavy atom. The summed E-state index contributed by atoms with van der Waals surface area (Å²) in [5.41, 5.74) is 5.51. The molecule has 1 rings (SSSR count). The zero-order valence-corrected chi connectivity index (χ0v) is 10.1. The van der Waals surface area contributed by atoms with Crippen molar-refractivity contribution in [2.45, 2.75) is 0 Å². The summed E-state index contributed by atoms with van der Waals surface area (Å²) in [7, 11) is -2.38. The van der Waals surface area contributed by atoms with Gasteiger partial charge in [0, 0.05) is 12.1 Å². The summed E-state index contributed by atoms with van der Waals surface area (Å²) in [6, 6.07) is 4.18. The third-order valence-corrected chi connectivity index (χ3v) is 3.08. The zero-order valence-electron chi connectivity index (χ0n) is 9.25. The number of carbonyl (C=O) groups is 1. The predicted molar refractivity (Wildman–Crippen MR) is 61.9 cm³/mol. The largest absolute Gasteiger partial charge is 0.493 e. The monoisotopic (exact) mass is 259 g/mol. The molecule has 0 saturated heterocycles. The van der Waals surface area contributed by atoms with Crippen LogP contribution >= 0.6 is 0 Å². The van der Waals surface area contributed by atoms with Crippen molar-refractivity contribution < 1.29 is 22.1 Å². The van der Waals surface area contributed by atoms with Crippen molar-refractivity contribution in [2.24, 2.45) is 5.73 Å². The quantitative estimate of drug-likeness (QED) is 0.578. The van der Waals surface area contributed by atoms with E-state index in [2.05, 4.69) is 0 Å². The Morgan fingerprint density at radius 3 is 2.59 bits per heavy atom. The van der Waals surface area contributed by atoms with Crippen LogP contribution < -0.4 is 14.7 Å². The lowest BCUT2D eigenvalue weighted by atomic mass is 10.2. The number of hydrogen-bond acceptors (Lipinski definition) is 6. The minimum atomic E-state index is -3.73. The number of methoxy groups -OCH3 is 1. The summed E-state index contributed by atoms with van der Waals surface area (Å²) in [4.78, 5) is 10.5. The van der Waals surface area contributed by atoms with E-state index in [-0.39, 0.29) is 23.8 Å². The van der Waals surface area contributed by atoms with Crippen LogP contribution in [0.1, 0.15) is 10.4 Å². The van der Waals surface area contributed by atoms with Crippen LogP contribution in [0.2, 0.25) is 0 Å². The van der Waals surface area contributed by atoms with Gasteiger partial charge >= 0.3 is 10.1 Å². The average Bonchev–Trinajstić information content (AvgIpc) is 2.29. The van der Waals surface area contributed by atoms with Crippen LogP contribution in [-0.2, 0) is 10.1 Å². The van der Waals surface area contributed by atoms with Gasteiger partial charge in [-0.25, -0.2) is 0 Å². The maximum Gasteiger partial charge on any atom is 0.310 e. The fraction of sp³-hybridized carbons (Fsp3) is 0.300. The molecule has 0 aliphatic carbocycles. The van der Waals surface area contributed by atoms with Crippen LogP contribution in [0.5, 0.6) is 11.5 Å². The molecule has 0 aliphatic rings. The summed E-state index contributed by atoms with van der Waals surface area (Å²) in [5, 5.41) is 0. The highest BCUT2D eigenvalue weighted by Gasteiger charge is 2.15. The average molecular weight is 259 g/mol. The number of nitrogens with two attached hydrogens (primary N) is 1. The van der Waals surface area contributed by atoms with Crippen LogP contribution in [0.15, 0.2) is 18.2 Å². The first-order valence-corrected chi connectivity index (χ1v) is 6.35. The summed E-state index contributed by atoms with van der Waals surface area (Å²) in [5.74, 6) is -0.0762. The number of carbonyl (C=O) groups excluding carboxylic acids is 1. The second-order valence-corrected chi connectivity index (χ2v) is 4.85. The molecule has 7 heteroatoms. The van der Waals surface area contributed by atoms with Gasteiger partial charge in [-0.05, 0) is 18.2 Å². The lowest BCUT2D eigenvalue weighted by Gasteiger charge is -2.10. The molecule has 1 aromatic rings. The topological polar surface area (TPSA) is 95.7 Å². The third kappa shape index (κ3) is 3.72. The molecule has 0 atom stereocenters. The van der Waals surface area contributed by atoms with E-state index in [0.29, 0.717) is 11.8 Å². The van der Waals surface area contributed by atoms with Gasteiger partial charge in [-0.15, -0.1) is 0 Å². The number of aldehydes is 1. The van der Waals surface area contributed by atoms with Crippen molar-refractivity contribution in [3.63, 3.8) is 0 Å². The molecule has 0 spiro atoms. The Bertz CT molecular complexity index is 497. The minimum Gasteiger partial charge on any atom is -0.493 e. The van der Waals surface area contributed by atoms with Crippen LogP contribution in [0.25, 0.3) is 0 Å². The van der Waals surface area contributed by atoms with Gasteiger partial charge in [-0.3, -0.25) is 4.79 Å². The molecule has 1 aromatic carbocycles. The Kier molecular flexibility index (Phi) is 4.47. The van der Waals surface area contributed by atoms with E-state index in [1.165, 1.54) is 25.3 Å². The van der Waals surface area contributed by atoms with Gasteiger partial charge in [0.25, 0.3) is 0 Å². The molecule has 94 valence electrons. The first-order chi connectivity index (χ1) is 8.02. The lowest BCUT2D eigenvalue weighted by molar-refractivity contribution is 0.112. The molecule has 0 fully saturated rings. The van der Waals surface area contributed by atoms with Crippen molar-refractivity contribution in [1.29, 1.82) is 0 Å². The van der Waals surface area contributed by atoms with E-state index in [0.717, 1.165) is 0 Å². The van der Waals surface area contributed by atoms with E-state index >= 15 is 0 Å². The third-order valence-electron chi connectivity index (χ3n) is 1.91. The van der Waals surface area contributed by atoms with E-state index in [9.17, 15) is 13.2 Å². The van der Waals surface area contributed by atoms with Crippen LogP contribution in [0, 0.1) is 0 Å². The van der Waals surface area contributed by atoms with Crippen molar-refractivity contribution in [3.8, 4) is 11.5 Å². The van der Waals surface area contributed by atoms with Crippen molar-refractivity contribution in [3.05, 3.63) is 23.8 Å². The van der Waals surface area contributed by atoms with Crippen molar-refractivity contribution in [1.82, 2.24) is 0 Å². The van der Waals surface area contributed by atoms with Crippen molar-refractivity contribution in [2.75, 3.05) is 19.4 Å². The highest BCUT2D eigenvalue weighted by Crippen LogP contribution is 2.28. The van der Waals surface area contributed by atoms with Gasteiger partial charge < -0.3 is 14.7 Å². The molecule has 17 heavy (non-hydrogen) atoms. The maximum absolute atomic E-state index is 11.4. The zero-order chi connectivity index (χ0) is 12.9. The molecule has 0 saturated carbocycles. The molecule has 0 bridgehead atoms. The van der Waals surface area contributed by atoms with Gasteiger partial charge in [-0.2, -0.15) is 8.42 Å². The van der Waals surface area contributed by atoms with Crippen LogP contribution in [0.3, 0.4) is 0 Å². The van der Waals surface area contributed by atoms with E-state index in [4.69, 9.17) is 14.7 Å². The Hall–Kier alpha value is -1.60. The fourth-order valence-corrected chi connectivity index (χ4v) is 1.93. The molecule has 0 heterocycles. The summed E-state index contributed by atoms with van der Waals surface area (Å²) >= 11 is 0. The SMILES string of the molecule is COc1cc(C=O)ccc1OS(=O)(=O)CCN. The standard InChI is InChI=1S/C10H13NO5S/c1-15-10-6-8(7-12)2-3-9(10)16-17(13,14)5-4-11/h2-3,6-7H,4-5,11H2,1H3. The van der Waals surface area contributed by atoms with E-state index in [1.54, 1.807) is 0 Å². The van der Waals surface area contributed by atoms with Gasteiger partial charge in [0.1, 0.15) is 6.29 Å². The van der Waals surface area contributed by atoms with Gasteiger partial charge in [0.05, 0.1) is 12.9 Å². The molecular formula is C10H13NO5S. The van der Waals surface area contributed by atoms with Crippen LogP contribution in [-0.4, -0.2) is 34.1 Å². The molecule has 0 unspecified atom stereocenters. The molecule has 0 radical (unpaired) electrons. The van der Waals surface area contributed by atoms with Crippen LogP contribution in [0.4, 0.5) is 0 Å². The molecule has 0 amide bonds. The highest BCUT2D eigenvalue weighted by atomic mass is 32.2. The Balaban J connectivity index is 3.02. The highest BCUT2D eigenvalue weighted by molar-refractivity contribution is 7.87. The van der Waals surface area contributed by atoms with Gasteiger partial charge in [0.2, 0.25) is 0 Å². The van der Waals surface area contributed by atoms with Gasteiger partial charge in [-0.1, -0.05) is 0 Å². The van der Waals surface area contributed by atoms with Crippen molar-refractivity contribution >= 4 is 16.4 Å². The molecule has 2 N–H and O–H groups in total.